The number of carbonyl (C=O) groups is 1. The van der Waals surface area contributed by atoms with Crippen molar-refractivity contribution in [3.05, 3.63) is 42.2 Å². The van der Waals surface area contributed by atoms with Gasteiger partial charge in [0.15, 0.2) is 0 Å². The van der Waals surface area contributed by atoms with Crippen LogP contribution in [0, 0.1) is 5.92 Å². The number of hydrogen-bond donors (Lipinski definition) is 1. The van der Waals surface area contributed by atoms with E-state index in [-0.39, 0.29) is 5.91 Å². The fourth-order valence-electron chi connectivity index (χ4n) is 3.16. The Kier molecular flexibility index (Phi) is 4.65. The summed E-state index contributed by atoms with van der Waals surface area (Å²) in [5.41, 5.74) is 0.739. The van der Waals surface area contributed by atoms with Crippen molar-refractivity contribution >= 4 is 5.91 Å². The molecule has 2 atom stereocenters. The quantitative estimate of drug-likeness (QED) is 0.863. The van der Waals surface area contributed by atoms with E-state index < -0.39 is 0 Å². The summed E-state index contributed by atoms with van der Waals surface area (Å²) < 4.78 is 0. The minimum Gasteiger partial charge on any atom is -0.337 e. The summed E-state index contributed by atoms with van der Waals surface area (Å²) in [6.45, 7) is 2.75. The summed E-state index contributed by atoms with van der Waals surface area (Å²) in [6.07, 6.45) is 12.7. The topological polar surface area (TPSA) is 45.2 Å². The van der Waals surface area contributed by atoms with Crippen LogP contribution in [0.25, 0.3) is 0 Å². The van der Waals surface area contributed by atoms with Gasteiger partial charge in [-0.05, 0) is 50.3 Å². The van der Waals surface area contributed by atoms with Crippen LogP contribution in [0.5, 0.6) is 0 Å². The van der Waals surface area contributed by atoms with Crippen molar-refractivity contribution in [2.24, 2.45) is 5.92 Å². The van der Waals surface area contributed by atoms with E-state index in [1.165, 1.54) is 19.3 Å². The smallest absolute Gasteiger partial charge is 0.254 e. The van der Waals surface area contributed by atoms with E-state index in [0.717, 1.165) is 37.5 Å². The number of carbonyl (C=O) groups excluding carboxylic acids is 1. The minimum absolute atomic E-state index is 0.127. The van der Waals surface area contributed by atoms with Crippen LogP contribution in [0.3, 0.4) is 0 Å². The van der Waals surface area contributed by atoms with E-state index in [0.29, 0.717) is 6.04 Å². The normalized spacial score (nSPS) is 25.2. The molecule has 0 aromatic carbocycles. The first-order valence-corrected chi connectivity index (χ1v) is 7.90. The molecule has 112 valence electrons. The van der Waals surface area contributed by atoms with Gasteiger partial charge in [0.25, 0.3) is 5.91 Å². The zero-order valence-corrected chi connectivity index (χ0v) is 12.4. The highest BCUT2D eigenvalue weighted by Gasteiger charge is 2.27. The lowest BCUT2D eigenvalue weighted by molar-refractivity contribution is 0.0789. The van der Waals surface area contributed by atoms with Gasteiger partial charge < -0.3 is 10.2 Å². The molecular formula is C17H23N3O. The second-order valence-corrected chi connectivity index (χ2v) is 6.03. The molecule has 0 unspecified atom stereocenters. The van der Waals surface area contributed by atoms with Gasteiger partial charge >= 0.3 is 0 Å². The van der Waals surface area contributed by atoms with Crippen LogP contribution in [0.4, 0.5) is 0 Å². The number of nitrogens with one attached hydrogen (secondary N) is 1. The second-order valence-electron chi connectivity index (χ2n) is 6.03. The van der Waals surface area contributed by atoms with Crippen molar-refractivity contribution < 1.29 is 4.79 Å². The summed E-state index contributed by atoms with van der Waals surface area (Å²) >= 11 is 0. The molecule has 1 aromatic rings. The van der Waals surface area contributed by atoms with Gasteiger partial charge in [0.2, 0.25) is 0 Å². The molecule has 1 aliphatic heterocycles. The van der Waals surface area contributed by atoms with Crippen LogP contribution in [-0.4, -0.2) is 41.5 Å². The number of aromatic nitrogens is 1. The largest absolute Gasteiger partial charge is 0.337 e. The Morgan fingerprint density at radius 1 is 1.29 bits per heavy atom. The lowest BCUT2D eigenvalue weighted by Crippen LogP contribution is -2.37. The first-order chi connectivity index (χ1) is 10.3. The minimum atomic E-state index is 0.127. The van der Waals surface area contributed by atoms with Gasteiger partial charge in [-0.1, -0.05) is 12.2 Å². The molecule has 21 heavy (non-hydrogen) atoms. The average Bonchev–Trinajstić information content (AvgIpc) is 3.03. The first-order valence-electron chi connectivity index (χ1n) is 7.90. The highest BCUT2D eigenvalue weighted by Crippen LogP contribution is 2.18. The summed E-state index contributed by atoms with van der Waals surface area (Å²) in [6, 6.07) is 4.02. The molecule has 1 saturated heterocycles. The predicted octanol–water partition coefficient (Wildman–Crippen LogP) is 2.24. The molecule has 0 saturated carbocycles. The van der Waals surface area contributed by atoms with Gasteiger partial charge in [0, 0.05) is 37.1 Å². The molecule has 1 fully saturated rings. The number of hydrogen-bond acceptors (Lipinski definition) is 3. The Bertz CT molecular complexity index is 500. The number of likely N-dealkylation sites (tertiary alicyclic amines) is 1. The van der Waals surface area contributed by atoms with E-state index >= 15 is 0 Å². The number of nitrogens with zero attached hydrogens (tertiary/aromatic N) is 2. The van der Waals surface area contributed by atoms with Gasteiger partial charge in [0.05, 0.1) is 0 Å². The molecule has 4 heteroatoms. The van der Waals surface area contributed by atoms with Crippen molar-refractivity contribution in [2.75, 3.05) is 19.6 Å². The summed E-state index contributed by atoms with van der Waals surface area (Å²) in [4.78, 5) is 18.3. The third kappa shape index (κ3) is 3.70. The van der Waals surface area contributed by atoms with Crippen LogP contribution in [0.15, 0.2) is 36.7 Å². The van der Waals surface area contributed by atoms with Gasteiger partial charge in [-0.2, -0.15) is 0 Å². The first kappa shape index (κ1) is 14.3. The fraction of sp³-hybridized carbons (Fsp3) is 0.529. The van der Waals surface area contributed by atoms with Gasteiger partial charge in [-0.15, -0.1) is 0 Å². The highest BCUT2D eigenvalue weighted by atomic mass is 16.2. The maximum atomic E-state index is 12.4. The van der Waals surface area contributed by atoms with Gasteiger partial charge in [-0.25, -0.2) is 0 Å². The monoisotopic (exact) mass is 285 g/mol. The summed E-state index contributed by atoms with van der Waals surface area (Å²) in [5.74, 6) is 0.891. The summed E-state index contributed by atoms with van der Waals surface area (Å²) in [7, 11) is 0. The second kappa shape index (κ2) is 6.85. The van der Waals surface area contributed by atoms with Crippen LogP contribution in [-0.2, 0) is 0 Å². The van der Waals surface area contributed by atoms with Gasteiger partial charge in [-0.3, -0.25) is 9.78 Å². The van der Waals surface area contributed by atoms with E-state index in [1.54, 1.807) is 24.5 Å². The van der Waals surface area contributed by atoms with Crippen LogP contribution >= 0.6 is 0 Å². The number of pyridine rings is 1. The molecule has 3 rings (SSSR count). The molecule has 0 radical (unpaired) electrons. The van der Waals surface area contributed by atoms with E-state index in [1.807, 2.05) is 4.90 Å². The Hall–Kier alpha value is -1.68. The lowest BCUT2D eigenvalue weighted by atomic mass is 9.94. The Morgan fingerprint density at radius 3 is 2.90 bits per heavy atom. The summed E-state index contributed by atoms with van der Waals surface area (Å²) in [5, 5.41) is 3.65. The third-order valence-electron chi connectivity index (χ3n) is 4.48. The zero-order chi connectivity index (χ0) is 14.5. The molecule has 1 aliphatic carbocycles. The van der Waals surface area contributed by atoms with Crippen molar-refractivity contribution in [3.63, 3.8) is 0 Å². The third-order valence-corrected chi connectivity index (χ3v) is 4.48. The molecule has 0 spiro atoms. The number of amides is 1. The van der Waals surface area contributed by atoms with E-state index in [2.05, 4.69) is 22.5 Å². The molecule has 2 heterocycles. The predicted molar refractivity (Wildman–Crippen MR) is 83.0 cm³/mol. The van der Waals surface area contributed by atoms with Crippen molar-refractivity contribution in [3.8, 4) is 0 Å². The Morgan fingerprint density at radius 2 is 2.14 bits per heavy atom. The molecule has 1 aromatic heterocycles. The highest BCUT2D eigenvalue weighted by molar-refractivity contribution is 5.94. The van der Waals surface area contributed by atoms with Crippen molar-refractivity contribution in [2.45, 2.75) is 31.7 Å². The molecule has 1 amide bonds. The maximum absolute atomic E-state index is 12.4. The Labute approximate surface area is 126 Å². The Balaban J connectivity index is 1.47. The van der Waals surface area contributed by atoms with Crippen LogP contribution in [0.2, 0.25) is 0 Å². The van der Waals surface area contributed by atoms with Crippen LogP contribution < -0.4 is 5.32 Å². The molecule has 1 N–H and O–H groups in total. The van der Waals surface area contributed by atoms with Crippen molar-refractivity contribution in [1.82, 2.24) is 15.2 Å². The van der Waals surface area contributed by atoms with Crippen molar-refractivity contribution in [1.29, 1.82) is 0 Å². The van der Waals surface area contributed by atoms with Crippen LogP contribution in [0.1, 0.15) is 36.0 Å². The zero-order valence-electron chi connectivity index (χ0n) is 12.4. The molecule has 0 bridgehead atoms. The SMILES string of the molecule is O=C(c1ccncc1)N1CC[C@H](NC[C@@H]2CC=CCC2)C1. The lowest BCUT2D eigenvalue weighted by Gasteiger charge is -2.21. The molecule has 4 nitrogen and oxygen atoms in total. The molecule has 2 aliphatic rings. The van der Waals surface area contributed by atoms with Gasteiger partial charge in [0.1, 0.15) is 0 Å². The average molecular weight is 285 g/mol. The number of allylic oxidation sites excluding steroid dienone is 2. The standard InChI is InChI=1S/C17H23N3O/c21-17(15-6-9-18-10-7-15)20-11-8-16(13-20)19-12-14-4-2-1-3-5-14/h1-2,6-7,9-10,14,16,19H,3-5,8,11-13H2/t14-,16+/m1/s1. The van der Waals surface area contributed by atoms with E-state index in [9.17, 15) is 4.79 Å². The molecular weight excluding hydrogens is 262 g/mol. The number of rotatable bonds is 4. The van der Waals surface area contributed by atoms with E-state index in [4.69, 9.17) is 0 Å². The maximum Gasteiger partial charge on any atom is 0.254 e. The fourth-order valence-corrected chi connectivity index (χ4v) is 3.16.